The zero-order chi connectivity index (χ0) is 15.6. The molecule has 0 bridgehead atoms. The number of halogens is 1. The molecule has 0 radical (unpaired) electrons. The third kappa shape index (κ3) is 3.40. The number of anilines is 1. The maximum Gasteiger partial charge on any atom is 0.307 e. The van der Waals surface area contributed by atoms with Crippen molar-refractivity contribution in [1.82, 2.24) is 0 Å². The fourth-order valence-electron chi connectivity index (χ4n) is 2.94. The summed E-state index contributed by atoms with van der Waals surface area (Å²) < 4.78 is 13.5. The first-order valence-electron chi connectivity index (χ1n) is 7.22. The van der Waals surface area contributed by atoms with Crippen molar-refractivity contribution in [2.45, 2.75) is 33.1 Å². The van der Waals surface area contributed by atoms with Crippen LogP contribution < -0.4 is 5.32 Å². The standard InChI is InChI=1S/C16H20FNO3/c1-3-10-6-12(13(7-10)16(20)21)15(19)18-11-5-4-9(2)14(17)8-11/h4-5,8,10,12-13H,3,6-7H2,1-2H3,(H,18,19)(H,20,21)/t10?,12-,13+/m0/s1. The zero-order valence-corrected chi connectivity index (χ0v) is 12.2. The van der Waals surface area contributed by atoms with Gasteiger partial charge in [0.15, 0.2) is 0 Å². The summed E-state index contributed by atoms with van der Waals surface area (Å²) in [5.41, 5.74) is 0.871. The van der Waals surface area contributed by atoms with E-state index in [4.69, 9.17) is 0 Å². The minimum atomic E-state index is -0.929. The predicted molar refractivity (Wildman–Crippen MR) is 77.4 cm³/mol. The molecule has 0 saturated heterocycles. The SMILES string of the molecule is CCC1C[C@H](C(=O)Nc2ccc(C)c(F)c2)[C@H](C(=O)O)C1. The highest BCUT2D eigenvalue weighted by atomic mass is 19.1. The second kappa shape index (κ2) is 6.24. The van der Waals surface area contributed by atoms with E-state index in [0.29, 0.717) is 24.1 Å². The van der Waals surface area contributed by atoms with E-state index < -0.39 is 17.8 Å². The summed E-state index contributed by atoms with van der Waals surface area (Å²) in [6.07, 6.45) is 1.98. The lowest BCUT2D eigenvalue weighted by molar-refractivity contribution is -0.145. The van der Waals surface area contributed by atoms with E-state index in [-0.39, 0.29) is 17.6 Å². The van der Waals surface area contributed by atoms with E-state index in [1.165, 1.54) is 6.07 Å². The van der Waals surface area contributed by atoms with Crippen molar-refractivity contribution in [3.05, 3.63) is 29.6 Å². The van der Waals surface area contributed by atoms with Crippen molar-refractivity contribution >= 4 is 17.6 Å². The molecule has 0 aromatic heterocycles. The molecule has 3 atom stereocenters. The molecule has 1 saturated carbocycles. The van der Waals surface area contributed by atoms with Crippen molar-refractivity contribution in [3.8, 4) is 0 Å². The molecule has 114 valence electrons. The van der Waals surface area contributed by atoms with E-state index in [1.54, 1.807) is 19.1 Å². The number of benzene rings is 1. The van der Waals surface area contributed by atoms with Gasteiger partial charge in [-0.1, -0.05) is 19.4 Å². The number of carboxylic acids is 1. The van der Waals surface area contributed by atoms with Crippen LogP contribution in [-0.2, 0) is 9.59 Å². The van der Waals surface area contributed by atoms with Crippen molar-refractivity contribution in [2.75, 3.05) is 5.32 Å². The van der Waals surface area contributed by atoms with Crippen molar-refractivity contribution < 1.29 is 19.1 Å². The molecule has 1 aromatic carbocycles. The van der Waals surface area contributed by atoms with E-state index in [2.05, 4.69) is 5.32 Å². The van der Waals surface area contributed by atoms with E-state index in [0.717, 1.165) is 6.42 Å². The molecule has 1 aromatic rings. The first-order chi connectivity index (χ1) is 9.92. The topological polar surface area (TPSA) is 66.4 Å². The number of aliphatic carboxylic acids is 1. The van der Waals surface area contributed by atoms with Gasteiger partial charge in [-0.25, -0.2) is 4.39 Å². The fourth-order valence-corrected chi connectivity index (χ4v) is 2.94. The monoisotopic (exact) mass is 293 g/mol. The Hall–Kier alpha value is -1.91. The summed E-state index contributed by atoms with van der Waals surface area (Å²) in [7, 11) is 0. The average Bonchev–Trinajstić information content (AvgIpc) is 2.87. The van der Waals surface area contributed by atoms with Gasteiger partial charge < -0.3 is 10.4 Å². The van der Waals surface area contributed by atoms with Gasteiger partial charge in [0.05, 0.1) is 11.8 Å². The van der Waals surface area contributed by atoms with Crippen LogP contribution in [0.25, 0.3) is 0 Å². The third-order valence-electron chi connectivity index (χ3n) is 4.33. The third-order valence-corrected chi connectivity index (χ3v) is 4.33. The number of aryl methyl sites for hydroxylation is 1. The van der Waals surface area contributed by atoms with Crippen LogP contribution in [-0.4, -0.2) is 17.0 Å². The Labute approximate surface area is 123 Å². The van der Waals surface area contributed by atoms with Crippen molar-refractivity contribution in [1.29, 1.82) is 0 Å². The Morgan fingerprint density at radius 2 is 2.00 bits per heavy atom. The Kier molecular flexibility index (Phi) is 4.60. The molecule has 1 unspecified atom stereocenters. The Balaban J connectivity index is 2.11. The predicted octanol–water partition coefficient (Wildman–Crippen LogP) is 3.21. The number of rotatable bonds is 4. The number of carboxylic acid groups (broad SMARTS) is 1. The summed E-state index contributed by atoms with van der Waals surface area (Å²) in [5.74, 6) is -2.58. The highest BCUT2D eigenvalue weighted by molar-refractivity contribution is 5.95. The van der Waals surface area contributed by atoms with Crippen molar-refractivity contribution in [3.63, 3.8) is 0 Å². The highest BCUT2D eigenvalue weighted by Crippen LogP contribution is 2.39. The molecule has 1 amide bonds. The zero-order valence-electron chi connectivity index (χ0n) is 12.2. The molecule has 1 fully saturated rings. The van der Waals surface area contributed by atoms with Crippen LogP contribution >= 0.6 is 0 Å². The first-order valence-corrected chi connectivity index (χ1v) is 7.22. The summed E-state index contributed by atoms with van der Waals surface area (Å²) in [6, 6.07) is 4.47. The molecular formula is C16H20FNO3. The van der Waals surface area contributed by atoms with Gasteiger partial charge in [-0.3, -0.25) is 9.59 Å². The quantitative estimate of drug-likeness (QED) is 0.895. The highest BCUT2D eigenvalue weighted by Gasteiger charge is 2.42. The largest absolute Gasteiger partial charge is 0.481 e. The Bertz CT molecular complexity index is 558. The lowest BCUT2D eigenvalue weighted by Gasteiger charge is -2.15. The Morgan fingerprint density at radius 1 is 1.33 bits per heavy atom. The molecule has 4 nitrogen and oxygen atoms in total. The fraction of sp³-hybridized carbons (Fsp3) is 0.500. The van der Waals surface area contributed by atoms with E-state index in [1.807, 2.05) is 6.92 Å². The van der Waals surface area contributed by atoms with Crippen LogP contribution in [0.2, 0.25) is 0 Å². The number of nitrogens with one attached hydrogen (secondary N) is 1. The van der Waals surface area contributed by atoms with Gasteiger partial charge in [-0.2, -0.15) is 0 Å². The minimum absolute atomic E-state index is 0.261. The molecule has 5 heteroatoms. The number of carbonyl (C=O) groups excluding carboxylic acids is 1. The lowest BCUT2D eigenvalue weighted by atomic mass is 9.95. The molecule has 2 rings (SSSR count). The van der Waals surface area contributed by atoms with Gasteiger partial charge in [-0.05, 0) is 43.4 Å². The molecule has 1 aliphatic rings. The van der Waals surface area contributed by atoms with Crippen LogP contribution in [0.15, 0.2) is 18.2 Å². The van der Waals surface area contributed by atoms with Gasteiger partial charge in [-0.15, -0.1) is 0 Å². The van der Waals surface area contributed by atoms with Gasteiger partial charge in [0.1, 0.15) is 5.82 Å². The minimum Gasteiger partial charge on any atom is -0.481 e. The van der Waals surface area contributed by atoms with Crippen LogP contribution in [0.5, 0.6) is 0 Å². The normalized spacial score (nSPS) is 24.8. The number of carbonyl (C=O) groups is 2. The maximum absolute atomic E-state index is 13.5. The number of hydrogen-bond donors (Lipinski definition) is 2. The molecule has 0 aliphatic heterocycles. The van der Waals surface area contributed by atoms with Crippen LogP contribution in [0.1, 0.15) is 31.7 Å². The smallest absolute Gasteiger partial charge is 0.307 e. The first kappa shape index (κ1) is 15.5. The molecule has 0 heterocycles. The summed E-state index contributed by atoms with van der Waals surface area (Å²) >= 11 is 0. The molecule has 0 spiro atoms. The maximum atomic E-state index is 13.5. The second-order valence-corrected chi connectivity index (χ2v) is 5.75. The summed E-state index contributed by atoms with van der Waals surface area (Å²) in [4.78, 5) is 23.6. The number of amides is 1. The van der Waals surface area contributed by atoms with Gasteiger partial charge >= 0.3 is 5.97 Å². The second-order valence-electron chi connectivity index (χ2n) is 5.75. The van der Waals surface area contributed by atoms with Crippen LogP contribution in [0.3, 0.4) is 0 Å². The van der Waals surface area contributed by atoms with Crippen LogP contribution in [0, 0.1) is 30.5 Å². The summed E-state index contributed by atoms with van der Waals surface area (Å²) in [5, 5.41) is 11.9. The lowest BCUT2D eigenvalue weighted by Crippen LogP contribution is -2.30. The van der Waals surface area contributed by atoms with Gasteiger partial charge in [0, 0.05) is 5.69 Å². The van der Waals surface area contributed by atoms with Gasteiger partial charge in [0.25, 0.3) is 0 Å². The van der Waals surface area contributed by atoms with Crippen LogP contribution in [0.4, 0.5) is 10.1 Å². The molecule has 1 aliphatic carbocycles. The number of hydrogen-bond acceptors (Lipinski definition) is 2. The van der Waals surface area contributed by atoms with Gasteiger partial charge in [0.2, 0.25) is 5.91 Å². The van der Waals surface area contributed by atoms with Crippen molar-refractivity contribution in [2.24, 2.45) is 17.8 Å². The molecular weight excluding hydrogens is 273 g/mol. The van der Waals surface area contributed by atoms with E-state index in [9.17, 15) is 19.1 Å². The Morgan fingerprint density at radius 3 is 2.57 bits per heavy atom. The molecule has 2 N–H and O–H groups in total. The summed E-state index contributed by atoms with van der Waals surface area (Å²) in [6.45, 7) is 3.64. The average molecular weight is 293 g/mol. The molecule has 21 heavy (non-hydrogen) atoms. The van der Waals surface area contributed by atoms with E-state index >= 15 is 0 Å².